The minimum absolute atomic E-state index is 0.00383. The number of H-pyrrole nitrogens is 1. The van der Waals surface area contributed by atoms with Crippen molar-refractivity contribution in [1.82, 2.24) is 30.1 Å². The average Bonchev–Trinajstić information content (AvgIpc) is 3.15. The molecule has 0 spiro atoms. The summed E-state index contributed by atoms with van der Waals surface area (Å²) in [6.07, 6.45) is 4.87. The van der Waals surface area contributed by atoms with Crippen molar-refractivity contribution in [3.8, 4) is 22.8 Å². The molecule has 0 aliphatic carbocycles. The Morgan fingerprint density at radius 3 is 2.68 bits per heavy atom. The first-order valence-corrected chi connectivity index (χ1v) is 7.89. The van der Waals surface area contributed by atoms with Gasteiger partial charge in [0.05, 0.1) is 18.4 Å². The number of anilines is 2. The van der Waals surface area contributed by atoms with Crippen molar-refractivity contribution in [2.45, 2.75) is 19.9 Å². The number of aromatic amines is 1. The van der Waals surface area contributed by atoms with Crippen LogP contribution in [0.5, 0.6) is 0 Å². The normalized spacial score (nSPS) is 13.7. The van der Waals surface area contributed by atoms with E-state index in [1.54, 1.807) is 17.3 Å². The predicted octanol–water partition coefficient (Wildman–Crippen LogP) is 1.49. The summed E-state index contributed by atoms with van der Waals surface area (Å²) in [5.41, 5.74) is 2.11. The van der Waals surface area contributed by atoms with Crippen LogP contribution in [-0.2, 0) is 4.79 Å². The van der Waals surface area contributed by atoms with Gasteiger partial charge in [-0.05, 0) is 26.0 Å². The number of hydrogen-bond acceptors (Lipinski definition) is 7. The van der Waals surface area contributed by atoms with E-state index < -0.39 is 0 Å². The number of hydrogen-bond donors (Lipinski definition) is 2. The fraction of sp³-hybridized carbons (Fsp3) is 0.250. The second-order valence-electron chi connectivity index (χ2n) is 5.89. The van der Waals surface area contributed by atoms with E-state index in [-0.39, 0.29) is 18.5 Å². The number of nitrogens with one attached hydrogen (secondary N) is 2. The lowest BCUT2D eigenvalue weighted by Gasteiger charge is -2.31. The zero-order chi connectivity index (χ0) is 17.4. The van der Waals surface area contributed by atoms with Gasteiger partial charge in [0.2, 0.25) is 5.91 Å². The summed E-state index contributed by atoms with van der Waals surface area (Å²) < 4.78 is 0. The van der Waals surface area contributed by atoms with Crippen LogP contribution in [0, 0.1) is 0 Å². The van der Waals surface area contributed by atoms with Gasteiger partial charge in [-0.2, -0.15) is 5.10 Å². The highest BCUT2D eigenvalue weighted by Gasteiger charge is 2.28. The second-order valence-corrected chi connectivity index (χ2v) is 5.89. The second kappa shape index (κ2) is 5.93. The third kappa shape index (κ3) is 2.69. The minimum Gasteiger partial charge on any atom is -0.358 e. The number of fused-ring (bicyclic) bond motifs is 1. The molecule has 3 aromatic rings. The first-order chi connectivity index (χ1) is 12.1. The molecule has 0 bridgehead atoms. The van der Waals surface area contributed by atoms with Gasteiger partial charge in [-0.1, -0.05) is 0 Å². The van der Waals surface area contributed by atoms with E-state index in [1.165, 1.54) is 6.33 Å². The van der Waals surface area contributed by atoms with Gasteiger partial charge < -0.3 is 5.32 Å². The van der Waals surface area contributed by atoms with Crippen LogP contribution >= 0.6 is 0 Å². The molecule has 25 heavy (non-hydrogen) atoms. The van der Waals surface area contributed by atoms with Gasteiger partial charge in [0.1, 0.15) is 12.0 Å². The Bertz CT molecular complexity index is 904. The number of pyridine rings is 1. The largest absolute Gasteiger partial charge is 0.358 e. The van der Waals surface area contributed by atoms with E-state index in [0.717, 1.165) is 5.56 Å². The fourth-order valence-corrected chi connectivity index (χ4v) is 2.72. The van der Waals surface area contributed by atoms with Gasteiger partial charge in [0.25, 0.3) is 0 Å². The molecule has 0 saturated heterocycles. The standard InChI is InChI=1S/C16H16N8O/c1-9(2)24-13(25)7-19-15-16(24)22-12(6-18-15)10-3-4-11(17-5-10)14-20-8-21-23-14/h3-6,8-9H,7H2,1-2H3,(H,18,19)(H,20,21,23). The Hall–Kier alpha value is -3.36. The molecule has 9 heteroatoms. The smallest absolute Gasteiger partial charge is 0.247 e. The lowest BCUT2D eigenvalue weighted by atomic mass is 10.2. The minimum atomic E-state index is -0.0213. The van der Waals surface area contributed by atoms with Crippen LogP contribution in [0.25, 0.3) is 22.8 Å². The van der Waals surface area contributed by atoms with Gasteiger partial charge in [-0.3, -0.25) is 19.8 Å². The number of carbonyl (C=O) groups excluding carboxylic acids is 1. The molecule has 1 amide bonds. The molecular weight excluding hydrogens is 320 g/mol. The zero-order valence-electron chi connectivity index (χ0n) is 13.8. The summed E-state index contributed by atoms with van der Waals surface area (Å²) in [6.45, 7) is 4.13. The van der Waals surface area contributed by atoms with Crippen LogP contribution < -0.4 is 10.2 Å². The van der Waals surface area contributed by atoms with E-state index in [9.17, 15) is 4.79 Å². The highest BCUT2D eigenvalue weighted by atomic mass is 16.2. The van der Waals surface area contributed by atoms with Gasteiger partial charge in [-0.15, -0.1) is 0 Å². The topological polar surface area (TPSA) is 113 Å². The molecule has 4 rings (SSSR count). The number of aromatic nitrogens is 6. The lowest BCUT2D eigenvalue weighted by molar-refractivity contribution is -0.117. The molecule has 1 aliphatic heterocycles. The molecular formula is C16H16N8O. The SMILES string of the molecule is CC(C)N1C(=O)CNc2ncc(-c3ccc(-c4nc[nH]n4)nc3)nc21. The molecule has 0 atom stereocenters. The first-order valence-electron chi connectivity index (χ1n) is 7.89. The molecule has 4 heterocycles. The third-order valence-corrected chi connectivity index (χ3v) is 3.88. The van der Waals surface area contributed by atoms with E-state index in [4.69, 9.17) is 0 Å². The first kappa shape index (κ1) is 15.2. The van der Waals surface area contributed by atoms with Crippen molar-refractivity contribution in [2.24, 2.45) is 0 Å². The molecule has 0 fully saturated rings. The molecule has 0 radical (unpaired) electrons. The molecule has 1 aliphatic rings. The summed E-state index contributed by atoms with van der Waals surface area (Å²) >= 11 is 0. The lowest BCUT2D eigenvalue weighted by Crippen LogP contribution is -2.45. The Morgan fingerprint density at radius 2 is 2.00 bits per heavy atom. The molecule has 9 nitrogen and oxygen atoms in total. The number of rotatable bonds is 3. The average molecular weight is 336 g/mol. The third-order valence-electron chi connectivity index (χ3n) is 3.88. The molecule has 3 aromatic heterocycles. The predicted molar refractivity (Wildman–Crippen MR) is 91.8 cm³/mol. The van der Waals surface area contributed by atoms with E-state index in [2.05, 4.69) is 35.5 Å². The maximum Gasteiger partial charge on any atom is 0.247 e. The summed E-state index contributed by atoms with van der Waals surface area (Å²) in [4.78, 5) is 31.3. The molecule has 0 unspecified atom stereocenters. The monoisotopic (exact) mass is 336 g/mol. The molecule has 2 N–H and O–H groups in total. The van der Waals surface area contributed by atoms with Gasteiger partial charge in [-0.25, -0.2) is 15.0 Å². The maximum absolute atomic E-state index is 12.2. The summed E-state index contributed by atoms with van der Waals surface area (Å²) in [5, 5.41) is 9.67. The van der Waals surface area contributed by atoms with E-state index >= 15 is 0 Å². The highest BCUT2D eigenvalue weighted by Crippen LogP contribution is 2.30. The Balaban J connectivity index is 1.71. The summed E-state index contributed by atoms with van der Waals surface area (Å²) in [6, 6.07) is 3.71. The van der Waals surface area contributed by atoms with Crippen molar-refractivity contribution >= 4 is 17.5 Å². The van der Waals surface area contributed by atoms with Crippen LogP contribution in [0.1, 0.15) is 13.8 Å². The van der Waals surface area contributed by atoms with E-state index in [0.29, 0.717) is 28.8 Å². The van der Waals surface area contributed by atoms with E-state index in [1.807, 2.05) is 26.0 Å². The van der Waals surface area contributed by atoms with Gasteiger partial charge in [0, 0.05) is 17.8 Å². The Labute approximate surface area is 143 Å². The van der Waals surface area contributed by atoms with Crippen molar-refractivity contribution in [3.63, 3.8) is 0 Å². The van der Waals surface area contributed by atoms with Crippen molar-refractivity contribution in [3.05, 3.63) is 30.9 Å². The Morgan fingerprint density at radius 1 is 1.12 bits per heavy atom. The highest BCUT2D eigenvalue weighted by molar-refractivity contribution is 6.01. The maximum atomic E-state index is 12.2. The molecule has 0 aromatic carbocycles. The van der Waals surface area contributed by atoms with Gasteiger partial charge in [0.15, 0.2) is 17.5 Å². The number of carbonyl (C=O) groups is 1. The molecule has 126 valence electrons. The van der Waals surface area contributed by atoms with Crippen molar-refractivity contribution in [2.75, 3.05) is 16.8 Å². The van der Waals surface area contributed by atoms with Crippen LogP contribution in [0.2, 0.25) is 0 Å². The Kier molecular flexibility index (Phi) is 3.60. The quantitative estimate of drug-likeness (QED) is 0.745. The van der Waals surface area contributed by atoms with Crippen molar-refractivity contribution < 1.29 is 4.79 Å². The fourth-order valence-electron chi connectivity index (χ4n) is 2.72. The van der Waals surface area contributed by atoms with Crippen LogP contribution in [0.3, 0.4) is 0 Å². The number of amides is 1. The summed E-state index contributed by atoms with van der Waals surface area (Å²) in [5.74, 6) is 1.67. The molecule has 0 saturated carbocycles. The van der Waals surface area contributed by atoms with Crippen LogP contribution in [0.15, 0.2) is 30.9 Å². The summed E-state index contributed by atoms with van der Waals surface area (Å²) in [7, 11) is 0. The van der Waals surface area contributed by atoms with Crippen LogP contribution in [-0.4, -0.2) is 48.6 Å². The van der Waals surface area contributed by atoms with Crippen LogP contribution in [0.4, 0.5) is 11.6 Å². The van der Waals surface area contributed by atoms with Crippen molar-refractivity contribution in [1.29, 1.82) is 0 Å². The number of nitrogens with zero attached hydrogens (tertiary/aromatic N) is 6. The van der Waals surface area contributed by atoms with Gasteiger partial charge >= 0.3 is 0 Å². The zero-order valence-corrected chi connectivity index (χ0v) is 13.8.